The Morgan fingerprint density at radius 2 is 1.90 bits per heavy atom. The molecule has 0 saturated carbocycles. The van der Waals surface area contributed by atoms with Crippen LogP contribution < -0.4 is 20.3 Å². The fraction of sp³-hybridized carbons (Fsp3) is 0.455. The Morgan fingerprint density at radius 1 is 1.10 bits per heavy atom. The van der Waals surface area contributed by atoms with Crippen LogP contribution in [-0.4, -0.2) is 50.4 Å². The zero-order valence-electron chi connectivity index (χ0n) is 17.4. The summed E-state index contributed by atoms with van der Waals surface area (Å²) in [5.74, 6) is 2.67. The number of hydrogen-bond donors (Lipinski definition) is 2. The molecule has 156 valence electrons. The molecule has 1 aliphatic rings. The van der Waals surface area contributed by atoms with Crippen LogP contribution in [0.15, 0.2) is 47.6 Å². The van der Waals surface area contributed by atoms with Gasteiger partial charge in [0.1, 0.15) is 11.6 Å². The Kier molecular flexibility index (Phi) is 8.12. The number of hydrogen-bond acceptors (Lipinski definition) is 5. The van der Waals surface area contributed by atoms with Gasteiger partial charge in [-0.05, 0) is 26.0 Å². The highest BCUT2D eigenvalue weighted by atomic mass is 16.5. The van der Waals surface area contributed by atoms with E-state index in [1.165, 1.54) is 0 Å². The van der Waals surface area contributed by atoms with Crippen LogP contribution in [0.4, 0.5) is 5.82 Å². The molecule has 1 fully saturated rings. The summed E-state index contributed by atoms with van der Waals surface area (Å²) >= 11 is 0. The van der Waals surface area contributed by atoms with Gasteiger partial charge in [-0.25, -0.2) is 9.98 Å². The highest BCUT2D eigenvalue weighted by molar-refractivity contribution is 5.80. The number of ether oxygens (including phenoxy) is 2. The minimum Gasteiger partial charge on any atom is -0.494 e. The van der Waals surface area contributed by atoms with Crippen LogP contribution in [0.3, 0.4) is 0 Å². The summed E-state index contributed by atoms with van der Waals surface area (Å²) in [6.07, 6.45) is 1.85. The highest BCUT2D eigenvalue weighted by Crippen LogP contribution is 2.19. The number of nitrogens with one attached hydrogen (secondary N) is 2. The Hall–Kier alpha value is -2.80. The Labute approximate surface area is 173 Å². The van der Waals surface area contributed by atoms with Crippen molar-refractivity contribution in [2.24, 2.45) is 4.99 Å². The molecular weight excluding hydrogens is 366 g/mol. The second-order valence-electron chi connectivity index (χ2n) is 6.68. The van der Waals surface area contributed by atoms with Gasteiger partial charge in [-0.3, -0.25) is 0 Å². The first-order valence-electron chi connectivity index (χ1n) is 10.3. The smallest absolute Gasteiger partial charge is 0.191 e. The van der Waals surface area contributed by atoms with Crippen molar-refractivity contribution >= 4 is 11.8 Å². The molecule has 2 aromatic rings. The lowest BCUT2D eigenvalue weighted by Gasteiger charge is -2.29. The molecule has 2 N–H and O–H groups in total. The molecule has 0 amide bonds. The van der Waals surface area contributed by atoms with E-state index in [2.05, 4.69) is 39.6 Å². The molecule has 1 saturated heterocycles. The SMILES string of the molecule is CCNC(=NCc1ccccc1OCC)NCc1cccnc1N1CCOCC1. The van der Waals surface area contributed by atoms with E-state index in [4.69, 9.17) is 14.5 Å². The van der Waals surface area contributed by atoms with E-state index in [9.17, 15) is 0 Å². The van der Waals surface area contributed by atoms with Crippen LogP contribution in [0.25, 0.3) is 0 Å². The molecule has 2 heterocycles. The van der Waals surface area contributed by atoms with Crippen LogP contribution in [0, 0.1) is 0 Å². The zero-order valence-corrected chi connectivity index (χ0v) is 17.4. The molecule has 0 spiro atoms. The Morgan fingerprint density at radius 3 is 2.69 bits per heavy atom. The van der Waals surface area contributed by atoms with Gasteiger partial charge >= 0.3 is 0 Å². The topological polar surface area (TPSA) is 71.0 Å². The predicted octanol–water partition coefficient (Wildman–Crippen LogP) is 2.57. The quantitative estimate of drug-likeness (QED) is 0.527. The van der Waals surface area contributed by atoms with E-state index in [-0.39, 0.29) is 0 Å². The number of nitrogens with zero attached hydrogens (tertiary/aromatic N) is 3. The molecule has 0 unspecified atom stereocenters. The van der Waals surface area contributed by atoms with Crippen LogP contribution >= 0.6 is 0 Å². The lowest BCUT2D eigenvalue weighted by atomic mass is 10.2. The number of benzene rings is 1. The van der Waals surface area contributed by atoms with Gasteiger partial charge in [0.15, 0.2) is 5.96 Å². The molecule has 1 aromatic carbocycles. The van der Waals surface area contributed by atoms with E-state index in [1.54, 1.807) is 0 Å². The van der Waals surface area contributed by atoms with Gasteiger partial charge in [0.25, 0.3) is 0 Å². The lowest BCUT2D eigenvalue weighted by Crippen LogP contribution is -2.39. The molecule has 1 aromatic heterocycles. The molecule has 3 rings (SSSR count). The maximum absolute atomic E-state index is 5.71. The summed E-state index contributed by atoms with van der Waals surface area (Å²) in [5, 5.41) is 6.76. The van der Waals surface area contributed by atoms with Crippen molar-refractivity contribution in [1.29, 1.82) is 0 Å². The number of rotatable bonds is 8. The third-order valence-corrected chi connectivity index (χ3v) is 4.65. The predicted molar refractivity (Wildman–Crippen MR) is 117 cm³/mol. The van der Waals surface area contributed by atoms with Gasteiger partial charge in [-0.1, -0.05) is 24.3 Å². The molecular formula is C22H31N5O2. The maximum Gasteiger partial charge on any atom is 0.191 e. The fourth-order valence-electron chi connectivity index (χ4n) is 3.24. The van der Waals surface area contributed by atoms with E-state index >= 15 is 0 Å². The van der Waals surface area contributed by atoms with Crippen molar-refractivity contribution in [3.8, 4) is 5.75 Å². The number of para-hydroxylation sites is 1. The molecule has 0 aliphatic carbocycles. The average Bonchev–Trinajstić information content (AvgIpc) is 2.77. The number of aliphatic imine (C=N–C) groups is 1. The third-order valence-electron chi connectivity index (χ3n) is 4.65. The summed E-state index contributed by atoms with van der Waals surface area (Å²) in [6.45, 7) is 9.92. The van der Waals surface area contributed by atoms with E-state index in [1.807, 2.05) is 37.4 Å². The summed E-state index contributed by atoms with van der Waals surface area (Å²) < 4.78 is 11.2. The monoisotopic (exact) mass is 397 g/mol. The van der Waals surface area contributed by atoms with Gasteiger partial charge in [0, 0.05) is 43.5 Å². The van der Waals surface area contributed by atoms with Crippen molar-refractivity contribution in [3.63, 3.8) is 0 Å². The fourth-order valence-corrected chi connectivity index (χ4v) is 3.24. The van der Waals surface area contributed by atoms with Crippen molar-refractivity contribution in [2.45, 2.75) is 26.9 Å². The van der Waals surface area contributed by atoms with Gasteiger partial charge in [0.05, 0.1) is 26.4 Å². The summed E-state index contributed by atoms with van der Waals surface area (Å²) in [6, 6.07) is 12.1. The molecule has 0 bridgehead atoms. The minimum absolute atomic E-state index is 0.550. The largest absolute Gasteiger partial charge is 0.494 e. The number of pyridine rings is 1. The third kappa shape index (κ3) is 6.09. The van der Waals surface area contributed by atoms with E-state index in [0.717, 1.165) is 61.5 Å². The molecule has 0 atom stereocenters. The van der Waals surface area contributed by atoms with Crippen LogP contribution in [0.2, 0.25) is 0 Å². The van der Waals surface area contributed by atoms with Crippen molar-refractivity contribution in [3.05, 3.63) is 53.7 Å². The first kappa shape index (κ1) is 20.9. The maximum atomic E-state index is 5.71. The second kappa shape index (κ2) is 11.3. The first-order valence-corrected chi connectivity index (χ1v) is 10.3. The van der Waals surface area contributed by atoms with Crippen molar-refractivity contribution in [2.75, 3.05) is 44.4 Å². The van der Waals surface area contributed by atoms with Crippen molar-refractivity contribution in [1.82, 2.24) is 15.6 Å². The van der Waals surface area contributed by atoms with E-state index < -0.39 is 0 Å². The molecule has 7 nitrogen and oxygen atoms in total. The van der Waals surface area contributed by atoms with Gasteiger partial charge in [-0.2, -0.15) is 0 Å². The first-order chi connectivity index (χ1) is 14.3. The number of anilines is 1. The van der Waals surface area contributed by atoms with Gasteiger partial charge < -0.3 is 25.0 Å². The summed E-state index contributed by atoms with van der Waals surface area (Å²) in [4.78, 5) is 11.6. The molecule has 0 radical (unpaired) electrons. The lowest BCUT2D eigenvalue weighted by molar-refractivity contribution is 0.122. The molecule has 7 heteroatoms. The molecule has 1 aliphatic heterocycles. The Bertz CT molecular complexity index is 790. The Balaban J connectivity index is 1.68. The standard InChI is InChI=1S/C22H31N5O2/c1-3-23-22(25-16-18-8-5-6-10-20(18)29-4-2)26-17-19-9-7-11-24-21(19)27-12-14-28-15-13-27/h5-11H,3-4,12-17H2,1-2H3,(H2,23,25,26). The zero-order chi connectivity index (χ0) is 20.3. The van der Waals surface area contributed by atoms with Gasteiger partial charge in [-0.15, -0.1) is 0 Å². The van der Waals surface area contributed by atoms with E-state index in [0.29, 0.717) is 19.7 Å². The number of aromatic nitrogens is 1. The van der Waals surface area contributed by atoms with Crippen LogP contribution in [0.5, 0.6) is 5.75 Å². The van der Waals surface area contributed by atoms with Crippen LogP contribution in [-0.2, 0) is 17.8 Å². The number of morpholine rings is 1. The normalized spacial score (nSPS) is 14.6. The second-order valence-corrected chi connectivity index (χ2v) is 6.68. The highest BCUT2D eigenvalue weighted by Gasteiger charge is 2.16. The summed E-state index contributed by atoms with van der Waals surface area (Å²) in [7, 11) is 0. The van der Waals surface area contributed by atoms with Crippen LogP contribution in [0.1, 0.15) is 25.0 Å². The minimum atomic E-state index is 0.550. The molecule has 29 heavy (non-hydrogen) atoms. The number of guanidine groups is 1. The summed E-state index contributed by atoms with van der Waals surface area (Å²) in [5.41, 5.74) is 2.22. The average molecular weight is 398 g/mol. The van der Waals surface area contributed by atoms with Gasteiger partial charge in [0.2, 0.25) is 0 Å². The van der Waals surface area contributed by atoms with Crippen molar-refractivity contribution < 1.29 is 9.47 Å².